The van der Waals surface area contributed by atoms with Crippen molar-refractivity contribution >= 4 is 23.3 Å². The van der Waals surface area contributed by atoms with E-state index in [1.165, 1.54) is 6.07 Å². The number of carbonyl (C=O) groups is 1. The Labute approximate surface area is 123 Å². The number of hydrogen-bond acceptors (Lipinski definition) is 5. The van der Waals surface area contributed by atoms with Gasteiger partial charge >= 0.3 is 12.6 Å². The van der Waals surface area contributed by atoms with E-state index < -0.39 is 28.9 Å². The molecule has 1 rings (SSSR count). The Hall–Kier alpha value is -1.96. The summed E-state index contributed by atoms with van der Waals surface area (Å²) < 4.78 is 33.7. The predicted octanol–water partition coefficient (Wildman–Crippen LogP) is 3.04. The summed E-state index contributed by atoms with van der Waals surface area (Å²) in [5, 5.41) is 10.9. The number of ether oxygens (including phenoxy) is 2. The second kappa shape index (κ2) is 7.72. The van der Waals surface area contributed by atoms with Crippen LogP contribution in [-0.4, -0.2) is 24.1 Å². The first-order valence-corrected chi connectivity index (χ1v) is 6.39. The van der Waals surface area contributed by atoms with Crippen LogP contribution in [0, 0.1) is 10.1 Å². The van der Waals surface area contributed by atoms with E-state index >= 15 is 0 Å². The molecule has 0 bridgehead atoms. The second-order valence-electron chi connectivity index (χ2n) is 3.84. The number of benzene rings is 1. The third-order valence-corrected chi connectivity index (χ3v) is 2.75. The zero-order valence-electron chi connectivity index (χ0n) is 11.0. The lowest BCUT2D eigenvalue weighted by molar-refractivity contribution is -0.385. The Morgan fingerprint density at radius 3 is 2.57 bits per heavy atom. The first kappa shape index (κ1) is 17.1. The van der Waals surface area contributed by atoms with Crippen LogP contribution in [0.5, 0.6) is 5.75 Å². The van der Waals surface area contributed by atoms with Crippen LogP contribution in [0.2, 0.25) is 0 Å². The molecule has 0 aliphatic carbocycles. The molecule has 0 aliphatic rings. The Bertz CT molecular complexity index is 539. The Kier molecular flexibility index (Phi) is 6.29. The van der Waals surface area contributed by atoms with Gasteiger partial charge in [0.15, 0.2) is 0 Å². The standard InChI is InChI=1S/C12H12ClF2NO5/c1-2-20-11(17)4-7-3-8(6-13)9(16(18)19)5-10(7)21-12(14)15/h3,5,12H,2,4,6H2,1H3. The third kappa shape index (κ3) is 4.82. The molecule has 0 saturated carbocycles. The fourth-order valence-electron chi connectivity index (χ4n) is 1.65. The van der Waals surface area contributed by atoms with Gasteiger partial charge in [-0.05, 0) is 13.0 Å². The molecule has 0 unspecified atom stereocenters. The lowest BCUT2D eigenvalue weighted by atomic mass is 10.1. The van der Waals surface area contributed by atoms with Crippen LogP contribution in [0.4, 0.5) is 14.5 Å². The summed E-state index contributed by atoms with van der Waals surface area (Å²) in [7, 11) is 0. The summed E-state index contributed by atoms with van der Waals surface area (Å²) >= 11 is 5.59. The van der Waals surface area contributed by atoms with E-state index in [2.05, 4.69) is 4.74 Å². The highest BCUT2D eigenvalue weighted by Gasteiger charge is 2.22. The van der Waals surface area contributed by atoms with Crippen LogP contribution in [0.1, 0.15) is 18.1 Å². The lowest BCUT2D eigenvalue weighted by Gasteiger charge is -2.12. The van der Waals surface area contributed by atoms with Crippen molar-refractivity contribution in [2.75, 3.05) is 6.61 Å². The van der Waals surface area contributed by atoms with Gasteiger partial charge in [0.1, 0.15) is 5.75 Å². The first-order valence-electron chi connectivity index (χ1n) is 5.85. The minimum Gasteiger partial charge on any atom is -0.466 e. The van der Waals surface area contributed by atoms with Crippen molar-refractivity contribution in [1.29, 1.82) is 0 Å². The minimum absolute atomic E-state index is 0.0509. The molecule has 0 aromatic heterocycles. The van der Waals surface area contributed by atoms with E-state index in [0.717, 1.165) is 6.07 Å². The number of nitro groups is 1. The number of esters is 1. The fourth-order valence-corrected chi connectivity index (χ4v) is 1.87. The van der Waals surface area contributed by atoms with E-state index in [1.807, 2.05) is 0 Å². The average molecular weight is 324 g/mol. The van der Waals surface area contributed by atoms with Crippen LogP contribution in [0.25, 0.3) is 0 Å². The van der Waals surface area contributed by atoms with Crippen molar-refractivity contribution in [2.24, 2.45) is 0 Å². The number of alkyl halides is 3. The number of rotatable bonds is 7. The van der Waals surface area contributed by atoms with E-state index in [1.54, 1.807) is 6.92 Å². The van der Waals surface area contributed by atoms with Crippen molar-refractivity contribution in [2.45, 2.75) is 25.8 Å². The molecule has 0 heterocycles. The highest BCUT2D eigenvalue weighted by atomic mass is 35.5. The maximum atomic E-state index is 12.4. The summed E-state index contributed by atoms with van der Waals surface area (Å²) in [5.74, 6) is -1.31. The fraction of sp³-hybridized carbons (Fsp3) is 0.417. The second-order valence-corrected chi connectivity index (χ2v) is 4.11. The quantitative estimate of drug-likeness (QED) is 0.333. The molecular weight excluding hydrogens is 312 g/mol. The van der Waals surface area contributed by atoms with Crippen molar-refractivity contribution < 1.29 is 28.0 Å². The molecule has 0 N–H and O–H groups in total. The molecule has 0 spiro atoms. The minimum atomic E-state index is -3.17. The van der Waals surface area contributed by atoms with E-state index in [4.69, 9.17) is 16.3 Å². The Morgan fingerprint density at radius 2 is 2.10 bits per heavy atom. The van der Waals surface area contributed by atoms with E-state index in [-0.39, 0.29) is 30.0 Å². The molecule has 1 aromatic carbocycles. The van der Waals surface area contributed by atoms with Crippen LogP contribution >= 0.6 is 11.6 Å². The molecule has 9 heteroatoms. The number of nitro benzene ring substituents is 1. The lowest BCUT2D eigenvalue weighted by Crippen LogP contribution is -2.12. The van der Waals surface area contributed by atoms with Crippen LogP contribution < -0.4 is 4.74 Å². The number of halogens is 3. The molecule has 21 heavy (non-hydrogen) atoms. The number of carbonyl (C=O) groups excluding carboxylic acids is 1. The van der Waals surface area contributed by atoms with Crippen molar-refractivity contribution in [3.63, 3.8) is 0 Å². The molecule has 6 nitrogen and oxygen atoms in total. The average Bonchev–Trinajstić information content (AvgIpc) is 2.39. The van der Waals surface area contributed by atoms with Crippen molar-refractivity contribution in [1.82, 2.24) is 0 Å². The van der Waals surface area contributed by atoms with Crippen LogP contribution in [0.3, 0.4) is 0 Å². The number of hydrogen-bond donors (Lipinski definition) is 0. The molecule has 116 valence electrons. The molecule has 0 aliphatic heterocycles. The van der Waals surface area contributed by atoms with Gasteiger partial charge in [-0.25, -0.2) is 0 Å². The molecule has 0 fully saturated rings. The molecular formula is C12H12ClF2NO5. The highest BCUT2D eigenvalue weighted by molar-refractivity contribution is 6.17. The molecule has 1 aromatic rings. The maximum Gasteiger partial charge on any atom is 0.387 e. The topological polar surface area (TPSA) is 78.7 Å². The van der Waals surface area contributed by atoms with Gasteiger partial charge in [-0.2, -0.15) is 8.78 Å². The zero-order valence-corrected chi connectivity index (χ0v) is 11.7. The summed E-state index contributed by atoms with van der Waals surface area (Å²) in [5.41, 5.74) is -0.300. The summed E-state index contributed by atoms with van der Waals surface area (Å²) in [6.45, 7) is -1.46. The van der Waals surface area contributed by atoms with Gasteiger partial charge in [-0.15, -0.1) is 11.6 Å². The van der Waals surface area contributed by atoms with Crippen LogP contribution in [-0.2, 0) is 21.8 Å². The van der Waals surface area contributed by atoms with Crippen molar-refractivity contribution in [3.8, 4) is 5.75 Å². The van der Waals surface area contributed by atoms with Gasteiger partial charge in [-0.1, -0.05) is 0 Å². The molecule has 0 radical (unpaired) electrons. The normalized spacial score (nSPS) is 10.5. The molecule has 0 amide bonds. The first-order chi connectivity index (χ1) is 9.88. The number of nitrogens with zero attached hydrogens (tertiary/aromatic N) is 1. The molecule has 0 saturated heterocycles. The van der Waals surface area contributed by atoms with Crippen molar-refractivity contribution in [3.05, 3.63) is 33.4 Å². The summed E-state index contributed by atoms with van der Waals surface area (Å²) in [4.78, 5) is 21.5. The SMILES string of the molecule is CCOC(=O)Cc1cc(CCl)c([N+](=O)[O-])cc1OC(F)F. The van der Waals surface area contributed by atoms with Gasteiger partial charge in [0.05, 0.1) is 29.9 Å². The largest absolute Gasteiger partial charge is 0.466 e. The Morgan fingerprint density at radius 1 is 1.43 bits per heavy atom. The summed E-state index contributed by atoms with van der Waals surface area (Å²) in [6.07, 6.45) is -0.349. The predicted molar refractivity (Wildman–Crippen MR) is 69.6 cm³/mol. The van der Waals surface area contributed by atoms with E-state index in [9.17, 15) is 23.7 Å². The zero-order chi connectivity index (χ0) is 16.0. The monoisotopic (exact) mass is 323 g/mol. The van der Waals surface area contributed by atoms with Gasteiger partial charge < -0.3 is 9.47 Å². The molecule has 0 atom stereocenters. The summed E-state index contributed by atoms with van der Waals surface area (Å²) in [6, 6.07) is 2.03. The third-order valence-electron chi connectivity index (χ3n) is 2.46. The smallest absolute Gasteiger partial charge is 0.387 e. The van der Waals surface area contributed by atoms with Gasteiger partial charge in [-0.3, -0.25) is 14.9 Å². The van der Waals surface area contributed by atoms with E-state index in [0.29, 0.717) is 0 Å². The van der Waals surface area contributed by atoms with Crippen LogP contribution in [0.15, 0.2) is 12.1 Å². The van der Waals surface area contributed by atoms with Gasteiger partial charge in [0.2, 0.25) is 0 Å². The van der Waals surface area contributed by atoms with Gasteiger partial charge in [0.25, 0.3) is 5.69 Å². The Balaban J connectivity index is 3.24. The maximum absolute atomic E-state index is 12.4. The van der Waals surface area contributed by atoms with Gasteiger partial charge in [0, 0.05) is 11.1 Å². The highest BCUT2D eigenvalue weighted by Crippen LogP contribution is 2.31.